The molecule has 0 aliphatic heterocycles. The molecule has 0 aliphatic rings. The van der Waals surface area contributed by atoms with Gasteiger partial charge >= 0.3 is 0 Å². The largest absolute Gasteiger partial charge is 0.492 e. The summed E-state index contributed by atoms with van der Waals surface area (Å²) in [6.45, 7) is 9.02. The van der Waals surface area contributed by atoms with Crippen LogP contribution < -0.4 is 14.4 Å². The molecule has 0 fully saturated rings. The summed E-state index contributed by atoms with van der Waals surface area (Å²) in [5.41, 5.74) is 2.09. The minimum Gasteiger partial charge on any atom is -0.492 e. The molecule has 3 aromatic rings. The van der Waals surface area contributed by atoms with Crippen molar-refractivity contribution in [2.24, 2.45) is 0 Å². The summed E-state index contributed by atoms with van der Waals surface area (Å²) in [6.07, 6.45) is 1.91. The first-order valence-electron chi connectivity index (χ1n) is 13.5. The number of carbonyl (C=O) groups is 2. The molecule has 0 bridgehead atoms. The van der Waals surface area contributed by atoms with Crippen LogP contribution in [0.4, 0.5) is 5.69 Å². The summed E-state index contributed by atoms with van der Waals surface area (Å²) < 4.78 is 35.1. The number of sulfonamides is 1. The van der Waals surface area contributed by atoms with Gasteiger partial charge in [-0.05, 0) is 82.8 Å². The minimum atomic E-state index is -4.20. The van der Waals surface area contributed by atoms with Gasteiger partial charge in [0.2, 0.25) is 11.8 Å². The van der Waals surface area contributed by atoms with Gasteiger partial charge in [-0.1, -0.05) is 42.0 Å². The van der Waals surface area contributed by atoms with Crippen molar-refractivity contribution in [1.82, 2.24) is 10.2 Å². The molecule has 0 saturated carbocycles. The molecule has 0 radical (unpaired) electrons. The van der Waals surface area contributed by atoms with Gasteiger partial charge in [0, 0.05) is 17.5 Å². The van der Waals surface area contributed by atoms with Crippen molar-refractivity contribution < 1.29 is 22.7 Å². The summed E-state index contributed by atoms with van der Waals surface area (Å²) in [5, 5.41) is 2.87. The molecule has 3 rings (SSSR count). The lowest BCUT2D eigenvalue weighted by Crippen LogP contribution is -2.52. The van der Waals surface area contributed by atoms with E-state index in [1.807, 2.05) is 51.3 Å². The zero-order chi connectivity index (χ0) is 30.2. The summed E-state index contributed by atoms with van der Waals surface area (Å²) in [5.74, 6) is -0.505. The van der Waals surface area contributed by atoms with Crippen LogP contribution in [0.1, 0.15) is 38.8 Å². The summed E-state index contributed by atoms with van der Waals surface area (Å²) >= 11 is 1.50. The van der Waals surface area contributed by atoms with Crippen molar-refractivity contribution >= 4 is 39.3 Å². The molecule has 0 spiro atoms. The predicted molar refractivity (Wildman–Crippen MR) is 165 cm³/mol. The highest BCUT2D eigenvalue weighted by Crippen LogP contribution is 2.33. The van der Waals surface area contributed by atoms with Crippen LogP contribution in [0.15, 0.2) is 82.6 Å². The van der Waals surface area contributed by atoms with Crippen LogP contribution in [0, 0.1) is 6.92 Å². The van der Waals surface area contributed by atoms with Crippen molar-refractivity contribution in [3.63, 3.8) is 0 Å². The average molecular weight is 598 g/mol. The van der Waals surface area contributed by atoms with E-state index >= 15 is 0 Å². The quantitative estimate of drug-likeness (QED) is 0.270. The van der Waals surface area contributed by atoms with E-state index in [4.69, 9.17) is 4.74 Å². The molecule has 1 atom stereocenters. The summed E-state index contributed by atoms with van der Waals surface area (Å²) in [6, 6.07) is 20.0. The molecule has 220 valence electrons. The zero-order valence-electron chi connectivity index (χ0n) is 24.5. The number of ether oxygens (including phenoxy) is 1. The van der Waals surface area contributed by atoms with E-state index in [0.29, 0.717) is 12.4 Å². The van der Waals surface area contributed by atoms with E-state index in [1.54, 1.807) is 50.2 Å². The Kier molecular flexibility index (Phi) is 11.3. The van der Waals surface area contributed by atoms with Gasteiger partial charge in [0.15, 0.2) is 0 Å². The second-order valence-corrected chi connectivity index (χ2v) is 12.7. The van der Waals surface area contributed by atoms with Crippen LogP contribution in [-0.2, 0) is 26.2 Å². The molecule has 3 aromatic carbocycles. The average Bonchev–Trinajstić information content (AvgIpc) is 2.94. The van der Waals surface area contributed by atoms with Gasteiger partial charge in [-0.2, -0.15) is 0 Å². The fourth-order valence-corrected chi connectivity index (χ4v) is 6.16. The monoisotopic (exact) mass is 597 g/mol. The summed E-state index contributed by atoms with van der Waals surface area (Å²) in [4.78, 5) is 29.5. The molecule has 8 nitrogen and oxygen atoms in total. The highest BCUT2D eigenvalue weighted by Gasteiger charge is 2.34. The maximum absolute atomic E-state index is 14.1. The first kappa shape index (κ1) is 32.0. The third-order valence-electron chi connectivity index (χ3n) is 6.39. The Morgan fingerprint density at radius 2 is 1.66 bits per heavy atom. The van der Waals surface area contributed by atoms with E-state index in [1.165, 1.54) is 28.8 Å². The van der Waals surface area contributed by atoms with E-state index < -0.39 is 28.5 Å². The molecule has 0 aromatic heterocycles. The SMILES string of the molecule is CCOc1ccccc1N(CC(=O)N(Cc1cccc(C)c1)[C@@H](C)C(=O)NC(C)C)S(=O)(=O)c1ccc(SC)cc1. The van der Waals surface area contributed by atoms with Crippen molar-refractivity contribution in [2.45, 2.75) is 63.0 Å². The smallest absolute Gasteiger partial charge is 0.264 e. The Hall–Kier alpha value is -3.50. The Morgan fingerprint density at radius 3 is 2.27 bits per heavy atom. The van der Waals surface area contributed by atoms with Crippen LogP contribution in [0.2, 0.25) is 0 Å². The molecule has 0 heterocycles. The Labute approximate surface area is 248 Å². The molecule has 0 unspecified atom stereocenters. The Morgan fingerprint density at radius 1 is 0.976 bits per heavy atom. The molecular formula is C31H39N3O5S2. The molecule has 1 N–H and O–H groups in total. The second-order valence-electron chi connectivity index (χ2n) is 9.94. The Bertz CT molecular complexity index is 1440. The number of thioether (sulfide) groups is 1. The number of hydrogen-bond donors (Lipinski definition) is 1. The maximum atomic E-state index is 14.1. The summed E-state index contributed by atoms with van der Waals surface area (Å²) in [7, 11) is -4.20. The molecule has 41 heavy (non-hydrogen) atoms. The van der Waals surface area contributed by atoms with Crippen LogP contribution in [0.5, 0.6) is 5.75 Å². The number of nitrogens with zero attached hydrogens (tertiary/aromatic N) is 2. The van der Waals surface area contributed by atoms with Gasteiger partial charge in [0.1, 0.15) is 18.3 Å². The van der Waals surface area contributed by atoms with Crippen molar-refractivity contribution in [3.8, 4) is 5.75 Å². The number of rotatable bonds is 13. The second kappa shape index (κ2) is 14.4. The number of carbonyl (C=O) groups excluding carboxylic acids is 2. The molecular weight excluding hydrogens is 558 g/mol. The van der Waals surface area contributed by atoms with Crippen molar-refractivity contribution in [3.05, 3.63) is 83.9 Å². The molecule has 0 saturated heterocycles. The van der Waals surface area contributed by atoms with Crippen LogP contribution in [0.3, 0.4) is 0 Å². The highest BCUT2D eigenvalue weighted by atomic mass is 32.2. The van der Waals surface area contributed by atoms with E-state index in [9.17, 15) is 18.0 Å². The first-order valence-corrected chi connectivity index (χ1v) is 16.2. The van der Waals surface area contributed by atoms with Crippen LogP contribution in [-0.4, -0.2) is 56.6 Å². The normalized spacial score (nSPS) is 12.1. The van der Waals surface area contributed by atoms with Gasteiger partial charge in [-0.3, -0.25) is 13.9 Å². The van der Waals surface area contributed by atoms with Crippen molar-refractivity contribution in [1.29, 1.82) is 0 Å². The van der Waals surface area contributed by atoms with Gasteiger partial charge in [-0.15, -0.1) is 11.8 Å². The number of benzene rings is 3. The fourth-order valence-electron chi connectivity index (χ4n) is 4.32. The number of aryl methyl sites for hydroxylation is 1. The number of amides is 2. The number of anilines is 1. The molecule has 2 amide bonds. The lowest BCUT2D eigenvalue weighted by molar-refractivity contribution is -0.139. The number of hydrogen-bond acceptors (Lipinski definition) is 6. The minimum absolute atomic E-state index is 0.0465. The maximum Gasteiger partial charge on any atom is 0.264 e. The van der Waals surface area contributed by atoms with Gasteiger partial charge in [-0.25, -0.2) is 8.42 Å². The van der Waals surface area contributed by atoms with Gasteiger partial charge in [0.05, 0.1) is 17.2 Å². The zero-order valence-corrected chi connectivity index (χ0v) is 26.1. The lowest BCUT2D eigenvalue weighted by Gasteiger charge is -2.32. The van der Waals surface area contributed by atoms with Crippen LogP contribution in [0.25, 0.3) is 0 Å². The highest BCUT2D eigenvalue weighted by molar-refractivity contribution is 7.98. The standard InChI is InChI=1S/C31H39N3O5S2/c1-7-39-29-14-9-8-13-28(29)34(41(37,38)27-17-15-26(40-6)16-18-27)21-30(35)33(24(5)31(36)32-22(2)3)20-25-12-10-11-23(4)19-25/h8-19,22,24H,7,20-21H2,1-6H3,(H,32,36)/t24-/m0/s1. The third kappa shape index (κ3) is 8.27. The topological polar surface area (TPSA) is 96.0 Å². The first-order chi connectivity index (χ1) is 19.5. The van der Waals surface area contributed by atoms with E-state index in [2.05, 4.69) is 5.32 Å². The number of para-hydroxylation sites is 2. The third-order valence-corrected chi connectivity index (χ3v) is 8.91. The number of nitrogens with one attached hydrogen (secondary N) is 1. The van der Waals surface area contributed by atoms with Crippen LogP contribution >= 0.6 is 11.8 Å². The van der Waals surface area contributed by atoms with E-state index in [0.717, 1.165) is 20.3 Å². The molecule has 0 aliphatic carbocycles. The van der Waals surface area contributed by atoms with E-state index in [-0.39, 0.29) is 29.1 Å². The van der Waals surface area contributed by atoms with Crippen molar-refractivity contribution in [2.75, 3.05) is 23.7 Å². The van der Waals surface area contributed by atoms with Gasteiger partial charge < -0.3 is 15.0 Å². The predicted octanol–water partition coefficient (Wildman–Crippen LogP) is 5.25. The Balaban J connectivity index is 2.09. The van der Waals surface area contributed by atoms with Gasteiger partial charge in [0.25, 0.3) is 10.0 Å². The fraction of sp³-hybridized carbons (Fsp3) is 0.355. The molecule has 10 heteroatoms. The lowest BCUT2D eigenvalue weighted by atomic mass is 10.1.